The van der Waals surface area contributed by atoms with Crippen molar-refractivity contribution < 1.29 is 9.84 Å². The molecule has 4 N–H and O–H groups in total. The number of nitrogens with zero attached hydrogens (tertiary/aromatic N) is 1. The van der Waals surface area contributed by atoms with Gasteiger partial charge in [0, 0.05) is 32.4 Å². The Morgan fingerprint density at radius 2 is 2.16 bits per heavy atom. The highest BCUT2D eigenvalue weighted by Crippen LogP contribution is 2.26. The Morgan fingerprint density at radius 3 is 2.84 bits per heavy atom. The first-order chi connectivity index (χ1) is 9.19. The summed E-state index contributed by atoms with van der Waals surface area (Å²) in [6.45, 7) is 3.44. The summed E-state index contributed by atoms with van der Waals surface area (Å²) >= 11 is 0. The predicted molar refractivity (Wildman–Crippen MR) is 77.6 cm³/mol. The molecule has 0 amide bonds. The number of rotatable bonds is 5. The molecule has 5 nitrogen and oxygen atoms in total. The Hall–Kier alpha value is -1.46. The first-order valence-corrected chi connectivity index (χ1v) is 6.79. The molecule has 0 saturated carbocycles. The lowest BCUT2D eigenvalue weighted by atomic mass is 10.1. The summed E-state index contributed by atoms with van der Waals surface area (Å²) in [5, 5.41) is 12.5. The zero-order chi connectivity index (χ0) is 13.7. The van der Waals surface area contributed by atoms with E-state index in [0.29, 0.717) is 6.61 Å². The van der Waals surface area contributed by atoms with Crippen molar-refractivity contribution in [2.24, 2.45) is 0 Å². The number of nitrogens with two attached hydrogens (primary N) is 1. The number of hydrogen-bond donors (Lipinski definition) is 3. The van der Waals surface area contributed by atoms with E-state index in [0.717, 1.165) is 49.6 Å². The second kappa shape index (κ2) is 6.63. The van der Waals surface area contributed by atoms with Crippen LogP contribution in [0.15, 0.2) is 18.2 Å². The van der Waals surface area contributed by atoms with Gasteiger partial charge in [0.15, 0.2) is 0 Å². The predicted octanol–water partition coefficient (Wildman–Crippen LogP) is 1.15. The van der Waals surface area contributed by atoms with Crippen molar-refractivity contribution in [1.29, 1.82) is 0 Å². The number of piperidine rings is 1. The van der Waals surface area contributed by atoms with Crippen LogP contribution in [0.1, 0.15) is 12.8 Å². The third-order valence-corrected chi connectivity index (χ3v) is 3.50. The number of likely N-dealkylation sites (tertiary alicyclic amines) is 1. The molecule has 106 valence electrons. The number of nitrogens with one attached hydrogen (secondary N) is 1. The molecule has 1 saturated heterocycles. The molecule has 0 radical (unpaired) electrons. The van der Waals surface area contributed by atoms with Gasteiger partial charge in [-0.2, -0.15) is 0 Å². The van der Waals surface area contributed by atoms with Crippen LogP contribution < -0.4 is 15.8 Å². The van der Waals surface area contributed by atoms with Crippen molar-refractivity contribution in [3.63, 3.8) is 0 Å². The van der Waals surface area contributed by atoms with E-state index in [4.69, 9.17) is 10.5 Å². The summed E-state index contributed by atoms with van der Waals surface area (Å²) < 4.78 is 5.79. The average Bonchev–Trinajstić information content (AvgIpc) is 2.42. The number of anilines is 2. The lowest BCUT2D eigenvalue weighted by molar-refractivity contribution is 0.0755. The lowest BCUT2D eigenvalue weighted by Crippen LogP contribution is -2.38. The summed E-state index contributed by atoms with van der Waals surface area (Å²) in [5.74, 6) is 0.828. The molecule has 0 aromatic heterocycles. The first-order valence-electron chi connectivity index (χ1n) is 6.79. The van der Waals surface area contributed by atoms with Gasteiger partial charge < -0.3 is 20.9 Å². The molecule has 1 fully saturated rings. The third-order valence-electron chi connectivity index (χ3n) is 3.50. The molecule has 0 aliphatic carbocycles. The van der Waals surface area contributed by atoms with Crippen LogP contribution in [0.5, 0.6) is 5.75 Å². The number of aliphatic hydroxyl groups is 1. The van der Waals surface area contributed by atoms with Crippen molar-refractivity contribution in [3.05, 3.63) is 18.2 Å². The van der Waals surface area contributed by atoms with Crippen LogP contribution in [0.3, 0.4) is 0 Å². The van der Waals surface area contributed by atoms with Crippen molar-refractivity contribution in [1.82, 2.24) is 4.90 Å². The van der Waals surface area contributed by atoms with Crippen LogP contribution in [0.4, 0.5) is 11.4 Å². The third kappa shape index (κ3) is 4.01. The summed E-state index contributed by atoms with van der Waals surface area (Å²) in [6, 6.07) is 5.60. The maximum Gasteiger partial charge on any atom is 0.142 e. The molecular formula is C14H23N3O2. The van der Waals surface area contributed by atoms with E-state index in [-0.39, 0.29) is 6.10 Å². The summed E-state index contributed by atoms with van der Waals surface area (Å²) in [5.41, 5.74) is 7.37. The fourth-order valence-corrected chi connectivity index (χ4v) is 2.30. The molecule has 1 aliphatic heterocycles. The van der Waals surface area contributed by atoms with Gasteiger partial charge in [0.25, 0.3) is 0 Å². The van der Waals surface area contributed by atoms with Crippen LogP contribution in [0, 0.1) is 0 Å². The number of aliphatic hydroxyl groups excluding tert-OH is 1. The second-order valence-electron chi connectivity index (χ2n) is 4.93. The van der Waals surface area contributed by atoms with E-state index in [1.54, 1.807) is 0 Å². The van der Waals surface area contributed by atoms with Crippen LogP contribution in [-0.4, -0.2) is 49.4 Å². The largest absolute Gasteiger partial charge is 0.490 e. The van der Waals surface area contributed by atoms with Gasteiger partial charge in [-0.25, -0.2) is 0 Å². The number of benzene rings is 1. The van der Waals surface area contributed by atoms with Crippen LogP contribution in [0.2, 0.25) is 0 Å². The summed E-state index contributed by atoms with van der Waals surface area (Å²) in [7, 11) is 1.85. The maximum absolute atomic E-state index is 9.45. The molecule has 19 heavy (non-hydrogen) atoms. The molecular weight excluding hydrogens is 242 g/mol. The Kier molecular flexibility index (Phi) is 4.87. The summed E-state index contributed by atoms with van der Waals surface area (Å²) in [6.07, 6.45) is 1.61. The first kappa shape index (κ1) is 14.0. The van der Waals surface area contributed by atoms with E-state index in [1.165, 1.54) is 0 Å². The fourth-order valence-electron chi connectivity index (χ4n) is 2.30. The Morgan fingerprint density at radius 1 is 1.42 bits per heavy atom. The second-order valence-corrected chi connectivity index (χ2v) is 4.93. The monoisotopic (exact) mass is 265 g/mol. The minimum absolute atomic E-state index is 0.120. The van der Waals surface area contributed by atoms with Crippen LogP contribution >= 0.6 is 0 Å². The van der Waals surface area contributed by atoms with Gasteiger partial charge in [-0.3, -0.25) is 4.90 Å². The van der Waals surface area contributed by atoms with Gasteiger partial charge in [-0.05, 0) is 31.0 Å². The molecule has 1 aromatic carbocycles. The Balaban J connectivity index is 1.79. The minimum Gasteiger partial charge on any atom is -0.490 e. The van der Waals surface area contributed by atoms with Gasteiger partial charge in [0.2, 0.25) is 0 Å². The molecule has 0 atom stereocenters. The van der Waals surface area contributed by atoms with Crippen molar-refractivity contribution in [3.8, 4) is 5.75 Å². The van der Waals surface area contributed by atoms with Crippen molar-refractivity contribution >= 4 is 11.4 Å². The molecule has 1 aliphatic rings. The van der Waals surface area contributed by atoms with Crippen LogP contribution in [-0.2, 0) is 0 Å². The quantitative estimate of drug-likeness (QED) is 0.697. The smallest absolute Gasteiger partial charge is 0.142 e. The number of nitrogen functional groups attached to an aromatic ring is 1. The van der Waals surface area contributed by atoms with E-state index in [2.05, 4.69) is 10.2 Å². The number of ether oxygens (including phenoxy) is 1. The molecule has 1 aromatic rings. The van der Waals surface area contributed by atoms with Gasteiger partial charge in [0.1, 0.15) is 12.4 Å². The minimum atomic E-state index is -0.120. The molecule has 0 bridgehead atoms. The maximum atomic E-state index is 9.45. The van der Waals surface area contributed by atoms with Gasteiger partial charge in [0.05, 0.1) is 11.8 Å². The highest BCUT2D eigenvalue weighted by atomic mass is 16.5. The standard InChI is InChI=1S/C14H23N3O2/c1-16-13-10-11(15)2-3-14(13)19-9-8-17-6-4-12(18)5-7-17/h2-3,10,12,16,18H,4-9,15H2,1H3. The molecule has 1 heterocycles. The van der Waals surface area contributed by atoms with E-state index >= 15 is 0 Å². The fraction of sp³-hybridized carbons (Fsp3) is 0.571. The van der Waals surface area contributed by atoms with Crippen molar-refractivity contribution in [2.45, 2.75) is 18.9 Å². The Labute approximate surface area is 114 Å². The molecule has 0 unspecified atom stereocenters. The zero-order valence-electron chi connectivity index (χ0n) is 11.4. The van der Waals surface area contributed by atoms with Gasteiger partial charge in [-0.1, -0.05) is 0 Å². The van der Waals surface area contributed by atoms with Crippen LogP contribution in [0.25, 0.3) is 0 Å². The van der Waals surface area contributed by atoms with E-state index in [1.807, 2.05) is 25.2 Å². The normalized spacial score (nSPS) is 17.4. The highest BCUT2D eigenvalue weighted by Gasteiger charge is 2.16. The highest BCUT2D eigenvalue weighted by molar-refractivity contribution is 5.63. The molecule has 2 rings (SSSR count). The Bertz CT molecular complexity index is 404. The SMILES string of the molecule is CNc1cc(N)ccc1OCCN1CCC(O)CC1. The topological polar surface area (TPSA) is 70.8 Å². The van der Waals surface area contributed by atoms with E-state index < -0.39 is 0 Å². The lowest BCUT2D eigenvalue weighted by Gasteiger charge is -2.29. The average molecular weight is 265 g/mol. The molecule has 0 spiro atoms. The van der Waals surface area contributed by atoms with Gasteiger partial charge >= 0.3 is 0 Å². The summed E-state index contributed by atoms with van der Waals surface area (Å²) in [4.78, 5) is 2.32. The number of hydrogen-bond acceptors (Lipinski definition) is 5. The molecule has 5 heteroatoms. The van der Waals surface area contributed by atoms with Gasteiger partial charge in [-0.15, -0.1) is 0 Å². The van der Waals surface area contributed by atoms with E-state index in [9.17, 15) is 5.11 Å². The zero-order valence-corrected chi connectivity index (χ0v) is 11.4. The van der Waals surface area contributed by atoms with Crippen molar-refractivity contribution in [2.75, 3.05) is 44.3 Å².